The second-order valence-corrected chi connectivity index (χ2v) is 8.37. The topological polar surface area (TPSA) is 76.0 Å². The number of amides is 2. The summed E-state index contributed by atoms with van der Waals surface area (Å²) in [7, 11) is 0. The fourth-order valence-corrected chi connectivity index (χ4v) is 3.94. The van der Waals surface area contributed by atoms with Crippen LogP contribution in [0.15, 0.2) is 71.5 Å². The van der Waals surface area contributed by atoms with E-state index in [-0.39, 0.29) is 5.56 Å². The number of nitrogens with zero attached hydrogens (tertiary/aromatic N) is 2. The van der Waals surface area contributed by atoms with E-state index in [1.54, 1.807) is 53.1 Å². The predicted molar refractivity (Wildman–Crippen MR) is 135 cm³/mol. The maximum atomic E-state index is 13.4. The molecule has 0 radical (unpaired) electrons. The average molecular weight is 481 g/mol. The van der Waals surface area contributed by atoms with Crippen LogP contribution in [-0.2, 0) is 13.0 Å². The minimum absolute atomic E-state index is 0.182. The Balaban J connectivity index is 1.67. The van der Waals surface area contributed by atoms with Crippen molar-refractivity contribution >= 4 is 51.5 Å². The lowest BCUT2D eigenvalue weighted by molar-refractivity contribution is 0.262. The highest BCUT2D eigenvalue weighted by atomic mass is 35.5. The van der Waals surface area contributed by atoms with Crippen molar-refractivity contribution in [3.8, 4) is 0 Å². The zero-order chi connectivity index (χ0) is 23.4. The number of benzene rings is 3. The highest BCUT2D eigenvalue weighted by molar-refractivity contribution is 6.33. The van der Waals surface area contributed by atoms with Gasteiger partial charge in [0.2, 0.25) is 0 Å². The Kier molecular flexibility index (Phi) is 6.96. The predicted octanol–water partition coefficient (Wildman–Crippen LogP) is 6.35. The molecule has 8 heteroatoms. The minimum Gasteiger partial charge on any atom is -0.308 e. The van der Waals surface area contributed by atoms with Gasteiger partial charge < -0.3 is 10.6 Å². The molecule has 0 spiro atoms. The van der Waals surface area contributed by atoms with Crippen molar-refractivity contribution in [3.05, 3.63) is 98.5 Å². The van der Waals surface area contributed by atoms with Gasteiger partial charge >= 0.3 is 6.03 Å². The Hall–Kier alpha value is -3.35. The van der Waals surface area contributed by atoms with E-state index >= 15 is 0 Å². The second-order valence-electron chi connectivity index (χ2n) is 7.55. The van der Waals surface area contributed by atoms with Crippen LogP contribution in [0, 0.1) is 0 Å². The Bertz CT molecular complexity index is 1380. The quantitative estimate of drug-likeness (QED) is 0.337. The molecular weight excluding hydrogens is 459 g/mol. The molecule has 4 aromatic rings. The molecule has 1 heterocycles. The molecule has 3 aromatic carbocycles. The number of halogens is 2. The summed E-state index contributed by atoms with van der Waals surface area (Å²) in [5, 5.41) is 6.89. The summed E-state index contributed by atoms with van der Waals surface area (Å²) in [5.41, 5.74) is 2.20. The van der Waals surface area contributed by atoms with Gasteiger partial charge in [0, 0.05) is 17.1 Å². The minimum atomic E-state index is -0.464. The van der Waals surface area contributed by atoms with Gasteiger partial charge in [-0.15, -0.1) is 0 Å². The van der Waals surface area contributed by atoms with E-state index in [0.717, 1.165) is 12.0 Å². The molecule has 2 N–H and O–H groups in total. The van der Waals surface area contributed by atoms with E-state index in [9.17, 15) is 9.59 Å². The summed E-state index contributed by atoms with van der Waals surface area (Å²) >= 11 is 12.4. The summed E-state index contributed by atoms with van der Waals surface area (Å²) in [4.78, 5) is 30.6. The van der Waals surface area contributed by atoms with Gasteiger partial charge in [-0.3, -0.25) is 9.36 Å². The fraction of sp³-hybridized carbons (Fsp3) is 0.160. The first kappa shape index (κ1) is 22.8. The number of para-hydroxylation sites is 1. The van der Waals surface area contributed by atoms with Gasteiger partial charge in [-0.25, -0.2) is 9.78 Å². The molecule has 0 fully saturated rings. The molecule has 0 aliphatic rings. The number of anilines is 2. The van der Waals surface area contributed by atoms with Crippen LogP contribution in [0.3, 0.4) is 0 Å². The summed E-state index contributed by atoms with van der Waals surface area (Å²) in [6, 6.07) is 19.0. The van der Waals surface area contributed by atoms with E-state index < -0.39 is 6.03 Å². The number of carbonyl (C=O) groups is 1. The van der Waals surface area contributed by atoms with E-state index in [2.05, 4.69) is 10.6 Å². The molecule has 1 aromatic heterocycles. The van der Waals surface area contributed by atoms with Gasteiger partial charge in [-0.1, -0.05) is 60.5 Å². The highest BCUT2D eigenvalue weighted by Gasteiger charge is 2.14. The molecule has 6 nitrogen and oxygen atoms in total. The lowest BCUT2D eigenvalue weighted by Crippen LogP contribution is -2.26. The standard InChI is InChI=1S/C25H22Cl2N4O2/c1-2-7-23-29-21-13-12-17(28-25(33)30-22-11-6-5-10-20(22)27)14-18(21)24(32)31(23)15-16-8-3-4-9-19(16)26/h3-6,8-14H,2,7,15H2,1H3,(H2,28,30,33). The van der Waals surface area contributed by atoms with Crippen LogP contribution in [-0.4, -0.2) is 15.6 Å². The lowest BCUT2D eigenvalue weighted by atomic mass is 10.1. The van der Waals surface area contributed by atoms with Crippen LogP contribution in [0.5, 0.6) is 0 Å². The normalized spacial score (nSPS) is 10.9. The Morgan fingerprint density at radius 2 is 1.70 bits per heavy atom. The van der Waals surface area contributed by atoms with Crippen molar-refractivity contribution in [2.24, 2.45) is 0 Å². The van der Waals surface area contributed by atoms with E-state index in [1.807, 2.05) is 25.1 Å². The number of nitrogens with one attached hydrogen (secondary N) is 2. The number of rotatable bonds is 6. The molecule has 0 aliphatic heterocycles. The van der Waals surface area contributed by atoms with Crippen molar-refractivity contribution in [1.29, 1.82) is 0 Å². The Morgan fingerprint density at radius 3 is 2.42 bits per heavy atom. The van der Waals surface area contributed by atoms with Gasteiger partial charge in [0.05, 0.1) is 28.2 Å². The molecule has 2 amide bonds. The second kappa shape index (κ2) is 10.1. The maximum absolute atomic E-state index is 13.4. The first-order chi connectivity index (χ1) is 16.0. The molecule has 168 valence electrons. The monoisotopic (exact) mass is 480 g/mol. The first-order valence-corrected chi connectivity index (χ1v) is 11.3. The first-order valence-electron chi connectivity index (χ1n) is 10.6. The van der Waals surface area contributed by atoms with Crippen LogP contribution < -0.4 is 16.2 Å². The molecule has 0 saturated carbocycles. The van der Waals surface area contributed by atoms with E-state index in [4.69, 9.17) is 28.2 Å². The number of hydrogen-bond donors (Lipinski definition) is 2. The van der Waals surface area contributed by atoms with Crippen molar-refractivity contribution in [3.63, 3.8) is 0 Å². The number of hydrogen-bond acceptors (Lipinski definition) is 3. The van der Waals surface area contributed by atoms with E-state index in [1.165, 1.54) is 0 Å². The summed E-state index contributed by atoms with van der Waals surface area (Å²) in [6.45, 7) is 2.36. The zero-order valence-electron chi connectivity index (χ0n) is 17.9. The molecule has 33 heavy (non-hydrogen) atoms. The molecule has 0 bridgehead atoms. The average Bonchev–Trinajstić information content (AvgIpc) is 2.80. The van der Waals surface area contributed by atoms with Gasteiger partial charge in [-0.2, -0.15) is 0 Å². The summed E-state index contributed by atoms with van der Waals surface area (Å²) < 4.78 is 1.65. The fourth-order valence-electron chi connectivity index (χ4n) is 3.57. The smallest absolute Gasteiger partial charge is 0.308 e. The third-order valence-electron chi connectivity index (χ3n) is 5.17. The van der Waals surface area contributed by atoms with E-state index in [0.29, 0.717) is 51.1 Å². The van der Waals surface area contributed by atoms with Crippen molar-refractivity contribution in [2.45, 2.75) is 26.3 Å². The number of fused-ring (bicyclic) bond motifs is 1. The number of aryl methyl sites for hydroxylation is 1. The Morgan fingerprint density at radius 1 is 0.970 bits per heavy atom. The lowest BCUT2D eigenvalue weighted by Gasteiger charge is -2.15. The molecule has 0 atom stereocenters. The number of carbonyl (C=O) groups excluding carboxylic acids is 1. The molecule has 0 unspecified atom stereocenters. The summed E-state index contributed by atoms with van der Waals surface area (Å²) in [5.74, 6) is 0.701. The Labute approximate surface area is 201 Å². The van der Waals surface area contributed by atoms with Gasteiger partial charge in [0.25, 0.3) is 5.56 Å². The van der Waals surface area contributed by atoms with Gasteiger partial charge in [0.15, 0.2) is 0 Å². The van der Waals surface area contributed by atoms with Gasteiger partial charge in [-0.05, 0) is 48.4 Å². The molecule has 0 saturated heterocycles. The van der Waals surface area contributed by atoms with Crippen LogP contribution in [0.4, 0.5) is 16.2 Å². The van der Waals surface area contributed by atoms with Crippen molar-refractivity contribution in [2.75, 3.05) is 10.6 Å². The SMILES string of the molecule is CCCc1nc2ccc(NC(=O)Nc3ccccc3Cl)cc2c(=O)n1Cc1ccccc1Cl. The van der Waals surface area contributed by atoms with Crippen LogP contribution in [0.1, 0.15) is 24.7 Å². The third-order valence-corrected chi connectivity index (χ3v) is 5.87. The van der Waals surface area contributed by atoms with Crippen LogP contribution >= 0.6 is 23.2 Å². The molecule has 0 aliphatic carbocycles. The van der Waals surface area contributed by atoms with Gasteiger partial charge in [0.1, 0.15) is 5.82 Å². The van der Waals surface area contributed by atoms with Crippen molar-refractivity contribution < 1.29 is 4.79 Å². The number of urea groups is 1. The maximum Gasteiger partial charge on any atom is 0.323 e. The highest BCUT2D eigenvalue weighted by Crippen LogP contribution is 2.22. The van der Waals surface area contributed by atoms with Crippen LogP contribution in [0.25, 0.3) is 10.9 Å². The largest absolute Gasteiger partial charge is 0.323 e. The summed E-state index contributed by atoms with van der Waals surface area (Å²) in [6.07, 6.45) is 1.51. The van der Waals surface area contributed by atoms with Crippen LogP contribution in [0.2, 0.25) is 10.0 Å². The van der Waals surface area contributed by atoms with Crippen molar-refractivity contribution in [1.82, 2.24) is 9.55 Å². The third kappa shape index (κ3) is 5.18. The molecular formula is C25H22Cl2N4O2. The zero-order valence-corrected chi connectivity index (χ0v) is 19.5. The molecule has 4 rings (SSSR count). The number of aromatic nitrogens is 2.